The monoisotopic (exact) mass is 319 g/mol. The number of methoxy groups -OCH3 is 2. The summed E-state index contributed by atoms with van der Waals surface area (Å²) >= 11 is 0. The van der Waals surface area contributed by atoms with Gasteiger partial charge in [-0.3, -0.25) is 20.2 Å². The van der Waals surface area contributed by atoms with Gasteiger partial charge in [0.05, 0.1) is 24.1 Å². The summed E-state index contributed by atoms with van der Waals surface area (Å²) in [6.45, 7) is 0. The van der Waals surface area contributed by atoms with E-state index in [1.807, 2.05) is 0 Å². The van der Waals surface area contributed by atoms with Crippen LogP contribution in [-0.4, -0.2) is 24.1 Å². The van der Waals surface area contributed by atoms with Crippen LogP contribution in [0.15, 0.2) is 36.4 Å². The number of benzene rings is 2. The zero-order valence-corrected chi connectivity index (χ0v) is 12.3. The number of nitrogens with zero attached hydrogens (tertiary/aromatic N) is 2. The second kappa shape index (κ2) is 6.60. The van der Waals surface area contributed by atoms with E-state index in [-0.39, 0.29) is 22.9 Å². The van der Waals surface area contributed by atoms with Crippen molar-refractivity contribution in [2.75, 3.05) is 19.5 Å². The van der Waals surface area contributed by atoms with Crippen molar-refractivity contribution in [1.29, 1.82) is 0 Å². The summed E-state index contributed by atoms with van der Waals surface area (Å²) in [6.07, 6.45) is 0. The Morgan fingerprint density at radius 1 is 0.826 bits per heavy atom. The molecule has 9 nitrogen and oxygen atoms in total. The molecule has 0 aliphatic carbocycles. The molecule has 120 valence electrons. The first-order valence-electron chi connectivity index (χ1n) is 6.38. The maximum Gasteiger partial charge on any atom is 0.312 e. The zero-order valence-electron chi connectivity index (χ0n) is 12.3. The number of nitro benzene ring substituents is 2. The van der Waals surface area contributed by atoms with Gasteiger partial charge < -0.3 is 14.8 Å². The number of nitro groups is 2. The molecular weight excluding hydrogens is 306 g/mol. The summed E-state index contributed by atoms with van der Waals surface area (Å²) < 4.78 is 9.83. The van der Waals surface area contributed by atoms with E-state index in [9.17, 15) is 20.2 Å². The number of anilines is 2. The van der Waals surface area contributed by atoms with Crippen LogP contribution in [0.4, 0.5) is 22.7 Å². The van der Waals surface area contributed by atoms with Gasteiger partial charge in [0.2, 0.25) is 0 Å². The zero-order chi connectivity index (χ0) is 17.0. The average Bonchev–Trinajstić information content (AvgIpc) is 2.54. The smallest absolute Gasteiger partial charge is 0.312 e. The Balaban J connectivity index is 2.36. The summed E-state index contributed by atoms with van der Waals surface area (Å²) in [5.74, 6) is 0.252. The van der Waals surface area contributed by atoms with Crippen LogP contribution >= 0.6 is 0 Å². The molecule has 0 radical (unpaired) electrons. The van der Waals surface area contributed by atoms with Crippen molar-refractivity contribution in [2.45, 2.75) is 0 Å². The van der Waals surface area contributed by atoms with Gasteiger partial charge in [-0.15, -0.1) is 0 Å². The van der Waals surface area contributed by atoms with Crippen molar-refractivity contribution in [3.63, 3.8) is 0 Å². The number of hydrogen-bond donors (Lipinski definition) is 1. The first-order valence-corrected chi connectivity index (χ1v) is 6.38. The fourth-order valence-electron chi connectivity index (χ4n) is 1.99. The lowest BCUT2D eigenvalue weighted by molar-refractivity contribution is -0.385. The molecule has 2 aromatic rings. The van der Waals surface area contributed by atoms with E-state index in [4.69, 9.17) is 9.47 Å². The molecule has 1 N–H and O–H groups in total. The third kappa shape index (κ3) is 3.46. The fourth-order valence-corrected chi connectivity index (χ4v) is 1.99. The lowest BCUT2D eigenvalue weighted by Gasteiger charge is -2.09. The molecule has 0 heterocycles. The van der Waals surface area contributed by atoms with Crippen LogP contribution in [0.5, 0.6) is 11.5 Å². The minimum Gasteiger partial charge on any atom is -0.490 e. The fraction of sp³-hybridized carbons (Fsp3) is 0.143. The maximum absolute atomic E-state index is 11.0. The second-order valence-electron chi connectivity index (χ2n) is 4.41. The highest BCUT2D eigenvalue weighted by Gasteiger charge is 2.17. The average molecular weight is 319 g/mol. The van der Waals surface area contributed by atoms with Gasteiger partial charge >= 0.3 is 11.4 Å². The molecule has 0 saturated heterocycles. The SMILES string of the molecule is COc1ccc(Nc2ccc(OC)c([N+](=O)[O-])c2)cc1[N+](=O)[O-]. The van der Waals surface area contributed by atoms with Crippen molar-refractivity contribution in [2.24, 2.45) is 0 Å². The predicted octanol–water partition coefficient (Wildman–Crippen LogP) is 3.26. The van der Waals surface area contributed by atoms with Gasteiger partial charge in [-0.2, -0.15) is 0 Å². The van der Waals surface area contributed by atoms with Gasteiger partial charge in [0.25, 0.3) is 0 Å². The highest BCUT2D eigenvalue weighted by atomic mass is 16.6. The predicted molar refractivity (Wildman–Crippen MR) is 82.6 cm³/mol. The molecule has 9 heteroatoms. The standard InChI is InChI=1S/C14H13N3O6/c1-22-13-5-3-9(7-11(13)16(18)19)15-10-4-6-14(23-2)12(8-10)17(20)21/h3-8,15H,1-2H3. The van der Waals surface area contributed by atoms with E-state index in [1.165, 1.54) is 38.5 Å². The topological polar surface area (TPSA) is 117 Å². The largest absolute Gasteiger partial charge is 0.490 e. The van der Waals surface area contributed by atoms with Crippen molar-refractivity contribution in [1.82, 2.24) is 0 Å². The van der Waals surface area contributed by atoms with Gasteiger partial charge in [-0.05, 0) is 24.3 Å². The summed E-state index contributed by atoms with van der Waals surface area (Å²) in [5, 5.41) is 24.9. The lowest BCUT2D eigenvalue weighted by atomic mass is 10.2. The van der Waals surface area contributed by atoms with Gasteiger partial charge in [-0.25, -0.2) is 0 Å². The molecular formula is C14H13N3O6. The van der Waals surface area contributed by atoms with Crippen molar-refractivity contribution in [3.05, 3.63) is 56.6 Å². The molecule has 0 atom stereocenters. The normalized spacial score (nSPS) is 10.0. The molecule has 0 spiro atoms. The molecule has 23 heavy (non-hydrogen) atoms. The Hall–Kier alpha value is -3.36. The van der Waals surface area contributed by atoms with Gasteiger partial charge in [0.15, 0.2) is 11.5 Å². The highest BCUT2D eigenvalue weighted by molar-refractivity contribution is 5.68. The van der Waals surface area contributed by atoms with Crippen LogP contribution < -0.4 is 14.8 Å². The molecule has 0 saturated carbocycles. The third-order valence-electron chi connectivity index (χ3n) is 3.04. The van der Waals surface area contributed by atoms with Crippen LogP contribution in [0, 0.1) is 20.2 Å². The summed E-state index contributed by atoms with van der Waals surface area (Å²) in [7, 11) is 2.67. The van der Waals surface area contributed by atoms with E-state index >= 15 is 0 Å². The Bertz CT molecular complexity index is 699. The summed E-state index contributed by atoms with van der Waals surface area (Å²) in [6, 6.07) is 8.60. The molecule has 0 unspecified atom stereocenters. The minimum absolute atomic E-state index is 0.126. The Morgan fingerprint density at radius 3 is 1.52 bits per heavy atom. The third-order valence-corrected chi connectivity index (χ3v) is 3.04. The van der Waals surface area contributed by atoms with Crippen LogP contribution in [0.1, 0.15) is 0 Å². The van der Waals surface area contributed by atoms with Crippen molar-refractivity contribution in [3.8, 4) is 11.5 Å². The van der Waals surface area contributed by atoms with Gasteiger partial charge in [0.1, 0.15) is 0 Å². The minimum atomic E-state index is -0.569. The van der Waals surface area contributed by atoms with E-state index in [0.717, 1.165) is 0 Å². The molecule has 0 bridgehead atoms. The molecule has 0 aliphatic rings. The van der Waals surface area contributed by atoms with Crippen LogP contribution in [-0.2, 0) is 0 Å². The molecule has 0 amide bonds. The lowest BCUT2D eigenvalue weighted by Crippen LogP contribution is -1.98. The first kappa shape index (κ1) is 16.0. The number of hydrogen-bond acceptors (Lipinski definition) is 7. The van der Waals surface area contributed by atoms with E-state index < -0.39 is 9.85 Å². The first-order chi connectivity index (χ1) is 11.0. The Labute approximate surface area is 130 Å². The molecule has 2 rings (SSSR count). The number of nitrogens with one attached hydrogen (secondary N) is 1. The van der Waals surface area contributed by atoms with E-state index in [0.29, 0.717) is 11.4 Å². The van der Waals surface area contributed by atoms with Crippen LogP contribution in [0.2, 0.25) is 0 Å². The van der Waals surface area contributed by atoms with Crippen LogP contribution in [0.3, 0.4) is 0 Å². The second-order valence-corrected chi connectivity index (χ2v) is 4.41. The Morgan fingerprint density at radius 2 is 1.22 bits per heavy atom. The molecule has 0 fully saturated rings. The van der Waals surface area contributed by atoms with E-state index in [2.05, 4.69) is 5.32 Å². The van der Waals surface area contributed by atoms with Gasteiger partial charge in [0, 0.05) is 23.5 Å². The quantitative estimate of drug-likeness (QED) is 0.641. The summed E-state index contributed by atoms with van der Waals surface area (Å²) in [5.41, 5.74) is 0.384. The van der Waals surface area contributed by atoms with E-state index in [1.54, 1.807) is 12.1 Å². The molecule has 0 aliphatic heterocycles. The maximum atomic E-state index is 11.0. The van der Waals surface area contributed by atoms with Crippen molar-refractivity contribution >= 4 is 22.7 Å². The number of rotatable bonds is 6. The number of ether oxygens (including phenoxy) is 2. The molecule has 2 aromatic carbocycles. The van der Waals surface area contributed by atoms with Gasteiger partial charge in [-0.1, -0.05) is 0 Å². The molecule has 0 aromatic heterocycles. The van der Waals surface area contributed by atoms with Crippen molar-refractivity contribution < 1.29 is 19.3 Å². The summed E-state index contributed by atoms with van der Waals surface area (Å²) in [4.78, 5) is 20.9. The van der Waals surface area contributed by atoms with Crippen LogP contribution in [0.25, 0.3) is 0 Å². The highest BCUT2D eigenvalue weighted by Crippen LogP contribution is 2.34. The Kier molecular flexibility index (Phi) is 4.60.